The van der Waals surface area contributed by atoms with Crippen LogP contribution in [0.25, 0.3) is 0 Å². The first-order valence-corrected chi connectivity index (χ1v) is 9.21. The van der Waals surface area contributed by atoms with E-state index in [1.807, 2.05) is 6.92 Å². The van der Waals surface area contributed by atoms with Crippen molar-refractivity contribution in [1.82, 2.24) is 15.1 Å². The average molecular weight is 329 g/mol. The number of benzene rings is 1. The second kappa shape index (κ2) is 5.96. The maximum Gasteiger partial charge on any atom is 0.131 e. The Kier molecular flexibility index (Phi) is 3.95. The highest BCUT2D eigenvalue weighted by Gasteiger charge is 2.55. The standard InChI is InChI=1S/C18H23N3OS/c1-13-19-20-17(23-13)11-21-15-7-8-16(21)18(10-15,12-22)9-14-5-3-2-4-6-14/h2-6,15-16,22H,7-12H2,1H3/t15-,16+,18-/m1/s1. The molecule has 2 aromatic rings. The Morgan fingerprint density at radius 3 is 2.78 bits per heavy atom. The predicted molar refractivity (Wildman–Crippen MR) is 91.3 cm³/mol. The number of rotatable bonds is 5. The van der Waals surface area contributed by atoms with Gasteiger partial charge in [0, 0.05) is 17.5 Å². The molecule has 5 heteroatoms. The Morgan fingerprint density at radius 1 is 1.26 bits per heavy atom. The molecule has 0 aliphatic carbocycles. The van der Waals surface area contributed by atoms with Crippen molar-refractivity contribution in [2.24, 2.45) is 5.41 Å². The lowest BCUT2D eigenvalue weighted by Gasteiger charge is -2.36. The fourth-order valence-corrected chi connectivity index (χ4v) is 5.35. The van der Waals surface area contributed by atoms with Gasteiger partial charge in [0.05, 0.1) is 13.2 Å². The second-order valence-electron chi connectivity index (χ2n) is 7.02. The van der Waals surface area contributed by atoms with E-state index in [0.29, 0.717) is 12.1 Å². The van der Waals surface area contributed by atoms with Gasteiger partial charge >= 0.3 is 0 Å². The van der Waals surface area contributed by atoms with Gasteiger partial charge in [-0.3, -0.25) is 4.90 Å². The highest BCUT2D eigenvalue weighted by atomic mass is 32.1. The van der Waals surface area contributed by atoms with Crippen LogP contribution in [0.3, 0.4) is 0 Å². The topological polar surface area (TPSA) is 49.2 Å². The largest absolute Gasteiger partial charge is 0.396 e. The molecule has 3 atom stereocenters. The van der Waals surface area contributed by atoms with Crippen molar-refractivity contribution < 1.29 is 5.11 Å². The van der Waals surface area contributed by atoms with Crippen molar-refractivity contribution in [3.8, 4) is 0 Å². The summed E-state index contributed by atoms with van der Waals surface area (Å²) >= 11 is 1.69. The van der Waals surface area contributed by atoms with E-state index in [0.717, 1.165) is 29.4 Å². The predicted octanol–water partition coefficient (Wildman–Crippen LogP) is 2.80. The molecular formula is C18H23N3OS. The zero-order valence-corrected chi connectivity index (χ0v) is 14.3. The molecule has 0 unspecified atom stereocenters. The minimum Gasteiger partial charge on any atom is -0.396 e. The summed E-state index contributed by atoms with van der Waals surface area (Å²) < 4.78 is 0. The van der Waals surface area contributed by atoms with E-state index in [9.17, 15) is 5.11 Å². The molecule has 4 nitrogen and oxygen atoms in total. The first-order chi connectivity index (χ1) is 11.2. The van der Waals surface area contributed by atoms with E-state index in [1.165, 1.54) is 18.4 Å². The number of hydrogen-bond acceptors (Lipinski definition) is 5. The Hall–Kier alpha value is -1.30. The zero-order chi connectivity index (χ0) is 15.9. The minimum atomic E-state index is 0.00397. The molecule has 2 fully saturated rings. The number of aliphatic hydroxyl groups is 1. The highest BCUT2D eigenvalue weighted by Crippen LogP contribution is 2.51. The molecule has 2 saturated heterocycles. The van der Waals surface area contributed by atoms with Gasteiger partial charge in [0.15, 0.2) is 0 Å². The molecule has 1 N–H and O–H groups in total. The van der Waals surface area contributed by atoms with Crippen molar-refractivity contribution in [2.45, 2.75) is 51.2 Å². The van der Waals surface area contributed by atoms with Gasteiger partial charge in [-0.05, 0) is 38.2 Å². The van der Waals surface area contributed by atoms with E-state index < -0.39 is 0 Å². The van der Waals surface area contributed by atoms with Crippen LogP contribution >= 0.6 is 11.3 Å². The van der Waals surface area contributed by atoms with E-state index in [-0.39, 0.29) is 12.0 Å². The first kappa shape index (κ1) is 15.2. The van der Waals surface area contributed by atoms with Crippen LogP contribution in [0.15, 0.2) is 30.3 Å². The van der Waals surface area contributed by atoms with Gasteiger partial charge in [-0.15, -0.1) is 21.5 Å². The molecule has 1 aromatic heterocycles. The summed E-state index contributed by atoms with van der Waals surface area (Å²) in [6.07, 6.45) is 4.51. The summed E-state index contributed by atoms with van der Waals surface area (Å²) in [5.41, 5.74) is 1.34. The van der Waals surface area contributed by atoms with Gasteiger partial charge in [0.2, 0.25) is 0 Å². The first-order valence-electron chi connectivity index (χ1n) is 8.40. The van der Waals surface area contributed by atoms with Gasteiger partial charge in [-0.2, -0.15) is 0 Å². The van der Waals surface area contributed by atoms with E-state index in [1.54, 1.807) is 11.3 Å². The van der Waals surface area contributed by atoms with Crippen LogP contribution < -0.4 is 0 Å². The number of nitrogens with zero attached hydrogens (tertiary/aromatic N) is 3. The second-order valence-corrected chi connectivity index (χ2v) is 8.29. The van der Waals surface area contributed by atoms with E-state index in [4.69, 9.17) is 0 Å². The summed E-state index contributed by atoms with van der Waals surface area (Å²) in [6, 6.07) is 11.6. The summed E-state index contributed by atoms with van der Waals surface area (Å²) in [5.74, 6) is 0. The fraction of sp³-hybridized carbons (Fsp3) is 0.556. The molecule has 0 amide bonds. The third-order valence-corrected chi connectivity index (χ3v) is 6.41. The van der Waals surface area contributed by atoms with Crippen molar-refractivity contribution in [2.75, 3.05) is 6.61 Å². The van der Waals surface area contributed by atoms with Crippen molar-refractivity contribution in [3.05, 3.63) is 45.9 Å². The lowest BCUT2D eigenvalue weighted by atomic mass is 9.70. The Balaban J connectivity index is 1.56. The molecule has 0 saturated carbocycles. The minimum absolute atomic E-state index is 0.00397. The molecule has 2 bridgehead atoms. The van der Waals surface area contributed by atoms with Crippen LogP contribution in [0.4, 0.5) is 0 Å². The number of hydrogen-bond donors (Lipinski definition) is 1. The number of fused-ring (bicyclic) bond motifs is 2. The molecule has 0 radical (unpaired) electrons. The van der Waals surface area contributed by atoms with Crippen LogP contribution in [0.2, 0.25) is 0 Å². The third kappa shape index (κ3) is 2.71. The molecule has 0 spiro atoms. The van der Waals surface area contributed by atoms with Crippen LogP contribution in [0.1, 0.15) is 34.8 Å². The number of aliphatic hydroxyl groups excluding tert-OH is 1. The van der Waals surface area contributed by atoms with Crippen molar-refractivity contribution in [1.29, 1.82) is 0 Å². The monoisotopic (exact) mass is 329 g/mol. The maximum absolute atomic E-state index is 10.2. The molecule has 3 heterocycles. The quantitative estimate of drug-likeness (QED) is 0.916. The van der Waals surface area contributed by atoms with Crippen molar-refractivity contribution in [3.63, 3.8) is 0 Å². The summed E-state index contributed by atoms with van der Waals surface area (Å²) in [5, 5.41) is 20.8. The molecule has 122 valence electrons. The number of aryl methyl sites for hydroxylation is 1. The van der Waals surface area contributed by atoms with Crippen LogP contribution in [-0.4, -0.2) is 38.9 Å². The van der Waals surface area contributed by atoms with E-state index >= 15 is 0 Å². The van der Waals surface area contributed by atoms with Crippen molar-refractivity contribution >= 4 is 11.3 Å². The normalized spacial score (nSPS) is 30.2. The molecule has 1 aromatic carbocycles. The fourth-order valence-electron chi connectivity index (χ4n) is 4.63. The molecule has 4 rings (SSSR count). The smallest absolute Gasteiger partial charge is 0.131 e. The van der Waals surface area contributed by atoms with Gasteiger partial charge in [-0.25, -0.2) is 0 Å². The van der Waals surface area contributed by atoms with Gasteiger partial charge < -0.3 is 5.11 Å². The SMILES string of the molecule is Cc1nnc(CN2[C@@H]3CC[C@H]2[C@](CO)(Cc2ccccc2)C3)s1. The lowest BCUT2D eigenvalue weighted by molar-refractivity contribution is 0.0750. The van der Waals surface area contributed by atoms with Gasteiger partial charge in [0.25, 0.3) is 0 Å². The highest BCUT2D eigenvalue weighted by molar-refractivity contribution is 7.11. The zero-order valence-electron chi connectivity index (χ0n) is 13.5. The van der Waals surface area contributed by atoms with Gasteiger partial charge in [0.1, 0.15) is 10.0 Å². The van der Waals surface area contributed by atoms with Gasteiger partial charge in [-0.1, -0.05) is 30.3 Å². The third-order valence-electron chi connectivity index (χ3n) is 5.59. The Morgan fingerprint density at radius 2 is 2.09 bits per heavy atom. The van der Waals surface area contributed by atoms with Crippen LogP contribution in [-0.2, 0) is 13.0 Å². The molecular weight excluding hydrogens is 306 g/mol. The summed E-state index contributed by atoms with van der Waals surface area (Å²) in [6.45, 7) is 3.17. The van der Waals surface area contributed by atoms with E-state index in [2.05, 4.69) is 45.4 Å². The Bertz CT molecular complexity index is 674. The summed E-state index contributed by atoms with van der Waals surface area (Å²) in [4.78, 5) is 2.58. The molecule has 23 heavy (non-hydrogen) atoms. The molecule has 2 aliphatic rings. The summed E-state index contributed by atoms with van der Waals surface area (Å²) in [7, 11) is 0. The number of aromatic nitrogens is 2. The Labute approximate surface area is 141 Å². The lowest BCUT2D eigenvalue weighted by Crippen LogP contribution is -2.41. The van der Waals surface area contributed by atoms with Crippen LogP contribution in [0.5, 0.6) is 0 Å². The molecule has 2 aliphatic heterocycles. The maximum atomic E-state index is 10.2. The van der Waals surface area contributed by atoms with Crippen LogP contribution in [0, 0.1) is 12.3 Å². The average Bonchev–Trinajstić information content (AvgIpc) is 3.23.